The first-order valence-electron chi connectivity index (χ1n) is 5.11. The number of carbonyl (C=O) groups is 1. The molecule has 0 aliphatic heterocycles. The Hall–Kier alpha value is -0.660. The second kappa shape index (κ2) is 6.82. The van der Waals surface area contributed by atoms with Crippen molar-refractivity contribution < 1.29 is 23.1 Å². The zero-order valence-corrected chi connectivity index (χ0v) is 10.7. The van der Waals surface area contributed by atoms with E-state index in [0.29, 0.717) is 0 Å². The zero-order valence-electron chi connectivity index (χ0n) is 9.84. The van der Waals surface area contributed by atoms with Gasteiger partial charge in [0.25, 0.3) is 0 Å². The fraction of sp³-hybridized carbons (Fsp3) is 0.889. The molecular formula is C9H19NO5S. The minimum absolute atomic E-state index is 0.213. The molecule has 16 heavy (non-hydrogen) atoms. The molecule has 96 valence electrons. The number of ether oxygens (including phenoxy) is 1. The molecule has 0 aliphatic rings. The number of aliphatic hydroxyl groups excluding tert-OH is 1. The van der Waals surface area contributed by atoms with Crippen molar-refractivity contribution in [2.24, 2.45) is 0 Å². The molecule has 0 atom stereocenters. The maximum Gasteiger partial charge on any atom is 0.321 e. The molecule has 0 amide bonds. The molecule has 0 aromatic rings. The lowest BCUT2D eigenvalue weighted by atomic mass is 10.4. The van der Waals surface area contributed by atoms with Gasteiger partial charge in [-0.3, -0.25) is 4.79 Å². The summed E-state index contributed by atoms with van der Waals surface area (Å²) >= 11 is 0. The molecule has 0 aromatic heterocycles. The van der Waals surface area contributed by atoms with Gasteiger partial charge < -0.3 is 9.84 Å². The number of nitrogens with zero attached hydrogens (tertiary/aromatic N) is 1. The van der Waals surface area contributed by atoms with E-state index < -0.39 is 22.6 Å². The summed E-state index contributed by atoms with van der Waals surface area (Å²) in [6.07, 6.45) is 0. The van der Waals surface area contributed by atoms with Crippen LogP contribution in [0.15, 0.2) is 0 Å². The number of hydrogen-bond donors (Lipinski definition) is 1. The normalized spacial score (nSPS) is 12.1. The fourth-order valence-electron chi connectivity index (χ4n) is 1.17. The van der Waals surface area contributed by atoms with Crippen molar-refractivity contribution in [3.8, 4) is 0 Å². The molecule has 6 nitrogen and oxygen atoms in total. The monoisotopic (exact) mass is 253 g/mol. The van der Waals surface area contributed by atoms with E-state index in [2.05, 4.69) is 4.74 Å². The third-order valence-corrected chi connectivity index (χ3v) is 3.84. The minimum atomic E-state index is -3.60. The van der Waals surface area contributed by atoms with Gasteiger partial charge in [0.2, 0.25) is 10.0 Å². The Kier molecular flexibility index (Phi) is 6.54. The van der Waals surface area contributed by atoms with Crippen LogP contribution in [-0.2, 0) is 19.6 Å². The number of rotatable bonds is 7. The van der Waals surface area contributed by atoms with E-state index in [1.807, 2.05) is 0 Å². The van der Waals surface area contributed by atoms with Gasteiger partial charge in [0.15, 0.2) is 0 Å². The summed E-state index contributed by atoms with van der Waals surface area (Å²) in [7, 11) is -3.60. The highest BCUT2D eigenvalue weighted by Crippen LogP contribution is 2.07. The van der Waals surface area contributed by atoms with Gasteiger partial charge in [-0.1, -0.05) is 0 Å². The van der Waals surface area contributed by atoms with Crippen LogP contribution in [-0.4, -0.2) is 55.4 Å². The van der Waals surface area contributed by atoms with Crippen molar-refractivity contribution >= 4 is 16.0 Å². The lowest BCUT2D eigenvalue weighted by Crippen LogP contribution is -2.42. The molecular weight excluding hydrogens is 234 g/mol. The van der Waals surface area contributed by atoms with Crippen LogP contribution in [0.4, 0.5) is 0 Å². The van der Waals surface area contributed by atoms with E-state index in [0.717, 1.165) is 4.31 Å². The third-order valence-electron chi connectivity index (χ3n) is 1.87. The molecule has 0 bridgehead atoms. The summed E-state index contributed by atoms with van der Waals surface area (Å²) in [5, 5.41) is 8.65. The first-order valence-corrected chi connectivity index (χ1v) is 6.72. The van der Waals surface area contributed by atoms with Crippen molar-refractivity contribution in [2.45, 2.75) is 26.8 Å². The highest BCUT2D eigenvalue weighted by molar-refractivity contribution is 7.89. The Morgan fingerprint density at radius 1 is 1.44 bits per heavy atom. The van der Waals surface area contributed by atoms with Crippen LogP contribution in [0.1, 0.15) is 20.8 Å². The fourth-order valence-corrected chi connectivity index (χ4v) is 2.58. The number of hydrogen-bond acceptors (Lipinski definition) is 5. The Morgan fingerprint density at radius 2 is 2.00 bits per heavy atom. The molecule has 7 heteroatoms. The molecule has 0 aliphatic carbocycles. The summed E-state index contributed by atoms with van der Waals surface area (Å²) in [6, 6.07) is -0.346. The molecule has 0 radical (unpaired) electrons. The van der Waals surface area contributed by atoms with Crippen molar-refractivity contribution in [1.29, 1.82) is 0 Å². The van der Waals surface area contributed by atoms with Crippen LogP contribution in [0.3, 0.4) is 0 Å². The largest absolute Gasteiger partial charge is 0.465 e. The van der Waals surface area contributed by atoms with Crippen LogP contribution in [0.5, 0.6) is 0 Å². The van der Waals surface area contributed by atoms with Crippen molar-refractivity contribution in [1.82, 2.24) is 4.31 Å². The number of esters is 1. The lowest BCUT2D eigenvalue weighted by Gasteiger charge is -2.24. The maximum atomic E-state index is 11.7. The van der Waals surface area contributed by atoms with Crippen molar-refractivity contribution in [3.63, 3.8) is 0 Å². The second-order valence-electron chi connectivity index (χ2n) is 3.48. The summed E-state index contributed by atoms with van der Waals surface area (Å²) in [4.78, 5) is 11.2. The van der Waals surface area contributed by atoms with E-state index in [4.69, 9.17) is 5.11 Å². The van der Waals surface area contributed by atoms with Gasteiger partial charge in [0.05, 0.1) is 19.0 Å². The molecule has 0 saturated heterocycles. The summed E-state index contributed by atoms with van der Waals surface area (Å²) in [5.41, 5.74) is 0. The predicted octanol–water partition coefficient (Wildman–Crippen LogP) is -0.418. The Bertz CT molecular complexity index is 312. The van der Waals surface area contributed by atoms with Gasteiger partial charge in [-0.25, -0.2) is 8.42 Å². The van der Waals surface area contributed by atoms with Gasteiger partial charge in [-0.05, 0) is 20.8 Å². The third kappa shape index (κ3) is 4.91. The first-order chi connectivity index (χ1) is 7.35. The summed E-state index contributed by atoms with van der Waals surface area (Å²) in [5.74, 6) is -0.970. The van der Waals surface area contributed by atoms with E-state index in [9.17, 15) is 13.2 Å². The Morgan fingerprint density at radius 3 is 2.38 bits per heavy atom. The lowest BCUT2D eigenvalue weighted by molar-refractivity contribution is -0.143. The van der Waals surface area contributed by atoms with Gasteiger partial charge in [0.1, 0.15) is 6.54 Å². The highest BCUT2D eigenvalue weighted by Gasteiger charge is 2.27. The van der Waals surface area contributed by atoms with Gasteiger partial charge in [0, 0.05) is 6.04 Å². The van der Waals surface area contributed by atoms with Crippen molar-refractivity contribution in [2.75, 3.05) is 25.5 Å². The van der Waals surface area contributed by atoms with Gasteiger partial charge >= 0.3 is 5.97 Å². The van der Waals surface area contributed by atoms with Crippen molar-refractivity contribution in [3.05, 3.63) is 0 Å². The van der Waals surface area contributed by atoms with Gasteiger partial charge in [-0.2, -0.15) is 4.31 Å². The Balaban J connectivity index is 4.69. The van der Waals surface area contributed by atoms with Crippen LogP contribution < -0.4 is 0 Å². The quantitative estimate of drug-likeness (QED) is 0.623. The van der Waals surface area contributed by atoms with E-state index >= 15 is 0 Å². The molecule has 1 N–H and O–H groups in total. The molecule has 0 saturated carbocycles. The topological polar surface area (TPSA) is 83.9 Å². The molecule has 0 fully saturated rings. The van der Waals surface area contributed by atoms with E-state index in [1.54, 1.807) is 20.8 Å². The number of aliphatic hydroxyl groups is 1. The number of sulfonamides is 1. The van der Waals surface area contributed by atoms with Crippen LogP contribution in [0, 0.1) is 0 Å². The SMILES string of the molecule is CCOC(=O)CN(C(C)C)S(=O)(=O)CCO. The van der Waals surface area contributed by atoms with Crippen LogP contribution in [0.25, 0.3) is 0 Å². The van der Waals surface area contributed by atoms with E-state index in [1.165, 1.54) is 0 Å². The summed E-state index contributed by atoms with van der Waals surface area (Å²) < 4.78 is 29.1. The first kappa shape index (κ1) is 15.3. The second-order valence-corrected chi connectivity index (χ2v) is 5.52. The zero-order chi connectivity index (χ0) is 12.8. The van der Waals surface area contributed by atoms with Crippen LogP contribution >= 0.6 is 0 Å². The van der Waals surface area contributed by atoms with Gasteiger partial charge in [-0.15, -0.1) is 0 Å². The van der Waals surface area contributed by atoms with E-state index in [-0.39, 0.29) is 24.9 Å². The minimum Gasteiger partial charge on any atom is -0.465 e. The standard InChI is InChI=1S/C9H19NO5S/c1-4-15-9(12)7-10(8(2)3)16(13,14)6-5-11/h8,11H,4-7H2,1-3H3. The van der Waals surface area contributed by atoms with Crippen LogP contribution in [0.2, 0.25) is 0 Å². The Labute approximate surface area is 96.2 Å². The molecule has 0 rings (SSSR count). The molecule has 0 unspecified atom stereocenters. The molecule has 0 spiro atoms. The summed E-state index contributed by atoms with van der Waals surface area (Å²) in [6.45, 7) is 4.41. The maximum absolute atomic E-state index is 11.7. The molecule has 0 aromatic carbocycles. The highest BCUT2D eigenvalue weighted by atomic mass is 32.2. The predicted molar refractivity (Wildman–Crippen MR) is 59.3 cm³/mol. The number of carbonyl (C=O) groups excluding carboxylic acids is 1. The average Bonchev–Trinajstić information content (AvgIpc) is 2.13. The average molecular weight is 253 g/mol. The smallest absolute Gasteiger partial charge is 0.321 e. The molecule has 0 heterocycles.